The van der Waals surface area contributed by atoms with Crippen LogP contribution in [0.15, 0.2) is 114 Å². The molecule has 0 spiro atoms. The summed E-state index contributed by atoms with van der Waals surface area (Å²) in [5, 5.41) is 3.38. The van der Waals surface area contributed by atoms with Gasteiger partial charge in [0.15, 0.2) is 0 Å². The number of nitrogens with one attached hydrogen (secondary N) is 1. The Hall–Kier alpha value is -3.41. The summed E-state index contributed by atoms with van der Waals surface area (Å²) in [6.45, 7) is 1.89. The molecule has 2 amide bonds. The van der Waals surface area contributed by atoms with E-state index in [9.17, 15) is 18.0 Å². The number of rotatable bonds is 13. The van der Waals surface area contributed by atoms with Crippen molar-refractivity contribution >= 4 is 61.7 Å². The summed E-state index contributed by atoms with van der Waals surface area (Å²) in [4.78, 5) is 29.6. The van der Waals surface area contributed by atoms with E-state index >= 15 is 0 Å². The molecular weight excluding hydrogens is 697 g/mol. The van der Waals surface area contributed by atoms with Gasteiger partial charge in [0.2, 0.25) is 11.8 Å². The first kappa shape index (κ1) is 32.5. The number of carbonyl (C=O) groups excluding carboxylic acids is 2. The van der Waals surface area contributed by atoms with E-state index in [1.165, 1.54) is 17.0 Å². The molecule has 0 saturated carbocycles. The molecule has 0 unspecified atom stereocenters. The summed E-state index contributed by atoms with van der Waals surface area (Å²) in [6, 6.07) is 30.5. The average molecular weight is 730 g/mol. The molecule has 0 aliphatic rings. The quantitative estimate of drug-likeness (QED) is 0.164. The van der Waals surface area contributed by atoms with Crippen LogP contribution in [0, 0.1) is 3.57 Å². The number of nitrogens with zero attached hydrogens (tertiary/aromatic N) is 2. The molecule has 4 aromatic rings. The van der Waals surface area contributed by atoms with Crippen molar-refractivity contribution < 1.29 is 18.0 Å². The van der Waals surface area contributed by atoms with E-state index in [-0.39, 0.29) is 23.8 Å². The van der Waals surface area contributed by atoms with E-state index in [0.717, 1.165) is 19.9 Å². The van der Waals surface area contributed by atoms with Crippen molar-refractivity contribution in [3.63, 3.8) is 0 Å². The second-order valence-electron chi connectivity index (χ2n) is 9.91. The number of sulfonamides is 1. The van der Waals surface area contributed by atoms with Crippen molar-refractivity contribution in [3.05, 3.63) is 129 Å². The maximum Gasteiger partial charge on any atom is 0.264 e. The Morgan fingerprint density at radius 1 is 0.860 bits per heavy atom. The third-order valence-electron chi connectivity index (χ3n) is 6.84. The zero-order chi connectivity index (χ0) is 30.8. The summed E-state index contributed by atoms with van der Waals surface area (Å²) < 4.78 is 30.0. The molecule has 224 valence electrons. The third kappa shape index (κ3) is 8.58. The van der Waals surface area contributed by atoms with E-state index < -0.39 is 28.5 Å². The van der Waals surface area contributed by atoms with Crippen molar-refractivity contribution in [2.45, 2.75) is 37.2 Å². The van der Waals surface area contributed by atoms with Gasteiger partial charge in [0.1, 0.15) is 12.6 Å². The highest BCUT2D eigenvalue weighted by Crippen LogP contribution is 2.26. The van der Waals surface area contributed by atoms with Crippen LogP contribution < -0.4 is 9.62 Å². The normalized spacial score (nSPS) is 11.9. The maximum atomic E-state index is 14.4. The lowest BCUT2D eigenvalue weighted by Crippen LogP contribution is -2.53. The van der Waals surface area contributed by atoms with Gasteiger partial charge >= 0.3 is 0 Å². The molecule has 0 fully saturated rings. The van der Waals surface area contributed by atoms with Gasteiger partial charge < -0.3 is 10.2 Å². The van der Waals surface area contributed by atoms with E-state index in [4.69, 9.17) is 11.6 Å². The van der Waals surface area contributed by atoms with Crippen LogP contribution in [-0.2, 0) is 32.6 Å². The number of carbonyl (C=O) groups is 2. The van der Waals surface area contributed by atoms with Crippen LogP contribution in [0.2, 0.25) is 5.02 Å². The minimum Gasteiger partial charge on any atom is -0.354 e. The predicted molar refractivity (Wildman–Crippen MR) is 179 cm³/mol. The van der Waals surface area contributed by atoms with Crippen molar-refractivity contribution in [2.24, 2.45) is 0 Å². The molecule has 0 saturated heterocycles. The molecule has 0 bridgehead atoms. The largest absolute Gasteiger partial charge is 0.354 e. The van der Waals surface area contributed by atoms with Gasteiger partial charge in [-0.1, -0.05) is 85.3 Å². The molecular formula is C33H33ClIN3O4S. The van der Waals surface area contributed by atoms with Gasteiger partial charge in [0.25, 0.3) is 10.0 Å². The minimum absolute atomic E-state index is 0.0153. The molecule has 7 nitrogen and oxygen atoms in total. The molecule has 0 aliphatic heterocycles. The molecule has 4 aromatic carbocycles. The molecule has 0 heterocycles. The van der Waals surface area contributed by atoms with Gasteiger partial charge in [0.05, 0.1) is 10.6 Å². The zero-order valence-corrected chi connectivity index (χ0v) is 27.4. The predicted octanol–water partition coefficient (Wildman–Crippen LogP) is 6.31. The van der Waals surface area contributed by atoms with Gasteiger partial charge in [0, 0.05) is 28.1 Å². The van der Waals surface area contributed by atoms with Gasteiger partial charge in [-0.3, -0.25) is 13.9 Å². The minimum atomic E-state index is -4.14. The molecule has 43 heavy (non-hydrogen) atoms. The third-order valence-corrected chi connectivity index (χ3v) is 9.72. The van der Waals surface area contributed by atoms with Gasteiger partial charge in [-0.15, -0.1) is 0 Å². The van der Waals surface area contributed by atoms with Crippen LogP contribution in [0.25, 0.3) is 0 Å². The van der Waals surface area contributed by atoms with Crippen LogP contribution in [0.3, 0.4) is 0 Å². The monoisotopic (exact) mass is 729 g/mol. The number of halogens is 2. The van der Waals surface area contributed by atoms with E-state index in [1.54, 1.807) is 60.7 Å². The van der Waals surface area contributed by atoms with Crippen LogP contribution in [0.5, 0.6) is 0 Å². The van der Waals surface area contributed by atoms with Crippen molar-refractivity contribution in [1.29, 1.82) is 0 Å². The lowest BCUT2D eigenvalue weighted by atomic mass is 10.0. The fourth-order valence-electron chi connectivity index (χ4n) is 4.59. The van der Waals surface area contributed by atoms with Gasteiger partial charge in [-0.25, -0.2) is 8.42 Å². The second-order valence-corrected chi connectivity index (χ2v) is 13.4. The van der Waals surface area contributed by atoms with Crippen molar-refractivity contribution in [3.8, 4) is 0 Å². The second kappa shape index (κ2) is 15.4. The van der Waals surface area contributed by atoms with E-state index in [0.29, 0.717) is 22.8 Å². The summed E-state index contributed by atoms with van der Waals surface area (Å²) in [5.41, 5.74) is 1.85. The van der Waals surface area contributed by atoms with Crippen molar-refractivity contribution in [2.75, 3.05) is 17.4 Å². The summed E-state index contributed by atoms with van der Waals surface area (Å²) >= 11 is 8.67. The highest BCUT2D eigenvalue weighted by Gasteiger charge is 2.34. The fourth-order valence-corrected chi connectivity index (χ4v) is 6.58. The molecule has 1 N–H and O–H groups in total. The van der Waals surface area contributed by atoms with Crippen LogP contribution in [0.4, 0.5) is 5.69 Å². The van der Waals surface area contributed by atoms with Gasteiger partial charge in [-0.2, -0.15) is 0 Å². The SMILES string of the molecule is CCCNC(=O)[C@@H](Cc1ccccc1)N(Cc1ccccc1Cl)C(=O)CN(c1ccc(I)cc1)S(=O)(=O)c1ccccc1. The molecule has 0 aromatic heterocycles. The van der Waals surface area contributed by atoms with Crippen LogP contribution >= 0.6 is 34.2 Å². The molecule has 0 radical (unpaired) electrons. The molecule has 10 heteroatoms. The van der Waals surface area contributed by atoms with Crippen molar-refractivity contribution in [1.82, 2.24) is 10.2 Å². The first-order chi connectivity index (χ1) is 20.7. The maximum absolute atomic E-state index is 14.4. The lowest BCUT2D eigenvalue weighted by Gasteiger charge is -2.34. The Kier molecular flexibility index (Phi) is 11.6. The number of amides is 2. The Bertz CT molecular complexity index is 1620. The Balaban J connectivity index is 1.79. The topological polar surface area (TPSA) is 86.8 Å². The number of anilines is 1. The standard InChI is InChI=1S/C33H33ClIN3O4S/c1-2-21-36-33(40)31(22-25-11-5-3-6-12-25)37(23-26-13-9-10-16-30(26)34)32(39)24-38(28-19-17-27(35)18-20-28)43(41,42)29-14-7-4-8-15-29/h3-20,31H,2,21-24H2,1H3,(H,36,40)/t31-/m1/s1. The van der Waals surface area contributed by atoms with Gasteiger partial charge in [-0.05, 0) is 82.6 Å². The zero-order valence-electron chi connectivity index (χ0n) is 23.7. The number of hydrogen-bond donors (Lipinski definition) is 1. The number of hydrogen-bond acceptors (Lipinski definition) is 4. The molecule has 0 aliphatic carbocycles. The smallest absolute Gasteiger partial charge is 0.264 e. The number of benzene rings is 4. The van der Waals surface area contributed by atoms with Crippen LogP contribution in [-0.4, -0.2) is 44.3 Å². The first-order valence-corrected chi connectivity index (χ1v) is 16.8. The van der Waals surface area contributed by atoms with Crippen LogP contribution in [0.1, 0.15) is 24.5 Å². The van der Waals surface area contributed by atoms with E-state index in [2.05, 4.69) is 27.9 Å². The summed E-state index contributed by atoms with van der Waals surface area (Å²) in [5.74, 6) is -0.858. The highest BCUT2D eigenvalue weighted by atomic mass is 127. The highest BCUT2D eigenvalue weighted by molar-refractivity contribution is 14.1. The first-order valence-electron chi connectivity index (χ1n) is 13.9. The lowest BCUT2D eigenvalue weighted by molar-refractivity contribution is -0.140. The fraction of sp³-hybridized carbons (Fsp3) is 0.212. The Labute approximate surface area is 272 Å². The Morgan fingerprint density at radius 2 is 1.47 bits per heavy atom. The van der Waals surface area contributed by atoms with E-state index in [1.807, 2.05) is 43.3 Å². The average Bonchev–Trinajstić information content (AvgIpc) is 3.02. The summed E-state index contributed by atoms with van der Waals surface area (Å²) in [6.07, 6.45) is 0.958. The molecule has 4 rings (SSSR count). The Morgan fingerprint density at radius 3 is 2.09 bits per heavy atom. The molecule has 1 atom stereocenters. The summed E-state index contributed by atoms with van der Waals surface area (Å²) in [7, 11) is -4.14.